The smallest absolute Gasteiger partial charge is 0.237 e. The molecule has 1 heterocycles. The molecular weight excluding hydrogens is 356 g/mol. The maximum Gasteiger partial charge on any atom is 0.237 e. The largest absolute Gasteiger partial charge is 0.356 e. The van der Waals surface area contributed by atoms with Crippen molar-refractivity contribution in [3.63, 3.8) is 0 Å². The molecule has 1 N–H and O–H groups in total. The van der Waals surface area contributed by atoms with Gasteiger partial charge in [0.1, 0.15) is 0 Å². The first kappa shape index (κ1) is 18.9. The summed E-state index contributed by atoms with van der Waals surface area (Å²) in [5.74, 6) is 0.331. The van der Waals surface area contributed by atoms with Crippen molar-refractivity contribution in [2.24, 2.45) is 0 Å². The molecule has 0 aliphatic carbocycles. The molecule has 0 bridgehead atoms. The second-order valence-electron chi connectivity index (χ2n) is 6.22. The number of carbonyl (C=O) groups excluding carboxylic acids is 1. The van der Waals surface area contributed by atoms with Gasteiger partial charge in [0, 0.05) is 35.5 Å². The minimum Gasteiger partial charge on any atom is -0.356 e. The summed E-state index contributed by atoms with van der Waals surface area (Å²) in [6, 6.07) is 19.7. The molecule has 1 amide bonds. The van der Waals surface area contributed by atoms with Crippen molar-refractivity contribution in [3.05, 3.63) is 73.1 Å². The predicted molar refractivity (Wildman–Crippen MR) is 112 cm³/mol. The lowest BCUT2D eigenvalue weighted by molar-refractivity contribution is -0.116. The summed E-state index contributed by atoms with van der Waals surface area (Å²) >= 11 is 1.35. The van der Waals surface area contributed by atoms with E-state index in [0.717, 1.165) is 17.1 Å². The first-order valence-corrected chi connectivity index (χ1v) is 9.76. The molecule has 0 saturated carbocycles. The van der Waals surface area contributed by atoms with Crippen LogP contribution in [0.15, 0.2) is 78.2 Å². The van der Waals surface area contributed by atoms with Gasteiger partial charge in [0.05, 0.1) is 5.75 Å². The number of carbonyl (C=O) groups is 1. The Kier molecular flexibility index (Phi) is 6.44. The van der Waals surface area contributed by atoms with Crippen LogP contribution in [-0.2, 0) is 4.79 Å². The summed E-state index contributed by atoms with van der Waals surface area (Å²) in [5.41, 5.74) is 2.89. The van der Waals surface area contributed by atoms with Gasteiger partial charge in [0.2, 0.25) is 5.91 Å². The fourth-order valence-electron chi connectivity index (χ4n) is 2.68. The SMILES string of the molecule is CC(C)N(C(=O)CSc1ncccn1)c1ccc(Nc2ccccc2)cc1. The zero-order valence-corrected chi connectivity index (χ0v) is 16.2. The third kappa shape index (κ3) is 5.31. The van der Waals surface area contributed by atoms with Crippen LogP contribution in [0.2, 0.25) is 0 Å². The van der Waals surface area contributed by atoms with Crippen LogP contribution >= 0.6 is 11.8 Å². The number of amides is 1. The van der Waals surface area contributed by atoms with Crippen molar-refractivity contribution in [2.45, 2.75) is 25.0 Å². The Labute approximate surface area is 163 Å². The Balaban J connectivity index is 1.68. The second kappa shape index (κ2) is 9.19. The van der Waals surface area contributed by atoms with Gasteiger partial charge < -0.3 is 10.2 Å². The van der Waals surface area contributed by atoms with E-state index in [2.05, 4.69) is 15.3 Å². The van der Waals surface area contributed by atoms with E-state index in [-0.39, 0.29) is 11.9 Å². The van der Waals surface area contributed by atoms with Gasteiger partial charge in [-0.25, -0.2) is 9.97 Å². The fourth-order valence-corrected chi connectivity index (χ4v) is 3.34. The average Bonchev–Trinajstić information content (AvgIpc) is 2.69. The normalized spacial score (nSPS) is 10.6. The van der Waals surface area contributed by atoms with Crippen LogP contribution in [0.1, 0.15) is 13.8 Å². The molecule has 6 heteroatoms. The number of nitrogens with zero attached hydrogens (tertiary/aromatic N) is 3. The standard InChI is InChI=1S/C21H22N4OS/c1-16(2)25(20(26)15-27-21-22-13-6-14-23-21)19-11-9-18(10-12-19)24-17-7-4-3-5-8-17/h3-14,16,24H,15H2,1-2H3. The summed E-state index contributed by atoms with van der Waals surface area (Å²) in [6.07, 6.45) is 3.36. The van der Waals surface area contributed by atoms with Crippen molar-refractivity contribution < 1.29 is 4.79 Å². The summed E-state index contributed by atoms with van der Waals surface area (Å²) in [4.78, 5) is 22.9. The number of nitrogens with one attached hydrogen (secondary N) is 1. The van der Waals surface area contributed by atoms with Gasteiger partial charge in [-0.05, 0) is 56.3 Å². The van der Waals surface area contributed by atoms with E-state index in [4.69, 9.17) is 0 Å². The Morgan fingerprint density at radius 3 is 2.22 bits per heavy atom. The molecule has 27 heavy (non-hydrogen) atoms. The van der Waals surface area contributed by atoms with E-state index < -0.39 is 0 Å². The monoisotopic (exact) mass is 378 g/mol. The lowest BCUT2D eigenvalue weighted by Crippen LogP contribution is -2.38. The van der Waals surface area contributed by atoms with Crippen molar-refractivity contribution >= 4 is 34.7 Å². The van der Waals surface area contributed by atoms with Gasteiger partial charge in [0.25, 0.3) is 0 Å². The van der Waals surface area contributed by atoms with Gasteiger partial charge in [0.15, 0.2) is 5.16 Å². The highest BCUT2D eigenvalue weighted by Gasteiger charge is 2.19. The first-order valence-electron chi connectivity index (χ1n) is 8.77. The average molecular weight is 379 g/mol. The Morgan fingerprint density at radius 2 is 1.59 bits per heavy atom. The molecule has 0 saturated heterocycles. The van der Waals surface area contributed by atoms with Gasteiger partial charge in [-0.3, -0.25) is 4.79 Å². The highest BCUT2D eigenvalue weighted by molar-refractivity contribution is 7.99. The van der Waals surface area contributed by atoms with E-state index in [1.165, 1.54) is 11.8 Å². The van der Waals surface area contributed by atoms with E-state index in [9.17, 15) is 4.79 Å². The van der Waals surface area contributed by atoms with Crippen molar-refractivity contribution in [2.75, 3.05) is 16.0 Å². The summed E-state index contributed by atoms with van der Waals surface area (Å²) in [5, 5.41) is 3.96. The molecule has 3 rings (SSSR count). The molecule has 138 valence electrons. The van der Waals surface area contributed by atoms with Crippen molar-refractivity contribution in [1.29, 1.82) is 0 Å². The molecule has 0 unspecified atom stereocenters. The number of hydrogen-bond acceptors (Lipinski definition) is 5. The van der Waals surface area contributed by atoms with Crippen LogP contribution in [0.3, 0.4) is 0 Å². The van der Waals surface area contributed by atoms with Crippen molar-refractivity contribution in [3.8, 4) is 0 Å². The van der Waals surface area contributed by atoms with Gasteiger partial charge in [-0.15, -0.1) is 0 Å². The molecule has 0 atom stereocenters. The van der Waals surface area contributed by atoms with E-state index in [1.54, 1.807) is 18.5 Å². The zero-order valence-electron chi connectivity index (χ0n) is 15.4. The number of benzene rings is 2. The number of rotatable bonds is 7. The highest BCUT2D eigenvalue weighted by atomic mass is 32.2. The molecule has 5 nitrogen and oxygen atoms in total. The van der Waals surface area contributed by atoms with Gasteiger partial charge in [-0.1, -0.05) is 30.0 Å². The zero-order chi connectivity index (χ0) is 19.1. The molecule has 0 fully saturated rings. The van der Waals surface area contributed by atoms with Crippen LogP contribution in [0.25, 0.3) is 0 Å². The number of para-hydroxylation sites is 1. The summed E-state index contributed by atoms with van der Waals surface area (Å²) in [7, 11) is 0. The number of anilines is 3. The maximum absolute atomic E-state index is 12.8. The molecule has 3 aromatic rings. The summed E-state index contributed by atoms with van der Waals surface area (Å²) in [6.45, 7) is 4.02. The molecule has 0 spiro atoms. The second-order valence-corrected chi connectivity index (χ2v) is 7.16. The molecule has 0 radical (unpaired) electrons. The Morgan fingerprint density at radius 1 is 0.963 bits per heavy atom. The van der Waals surface area contributed by atoms with Crippen LogP contribution in [0.4, 0.5) is 17.1 Å². The Bertz CT molecular complexity index is 854. The third-order valence-electron chi connectivity index (χ3n) is 3.86. The quantitative estimate of drug-likeness (QED) is 0.475. The predicted octanol–water partition coefficient (Wildman–Crippen LogP) is 4.75. The first-order chi connectivity index (χ1) is 13.1. The molecule has 1 aromatic heterocycles. The Hall–Kier alpha value is -2.86. The van der Waals surface area contributed by atoms with E-state index >= 15 is 0 Å². The highest BCUT2D eigenvalue weighted by Crippen LogP contribution is 2.24. The van der Waals surface area contributed by atoms with E-state index in [0.29, 0.717) is 10.9 Å². The third-order valence-corrected chi connectivity index (χ3v) is 4.72. The number of hydrogen-bond donors (Lipinski definition) is 1. The molecule has 2 aromatic carbocycles. The van der Waals surface area contributed by atoms with Gasteiger partial charge >= 0.3 is 0 Å². The van der Waals surface area contributed by atoms with Crippen LogP contribution in [0.5, 0.6) is 0 Å². The van der Waals surface area contributed by atoms with Gasteiger partial charge in [-0.2, -0.15) is 0 Å². The minimum absolute atomic E-state index is 0.0335. The topological polar surface area (TPSA) is 58.1 Å². The number of thioether (sulfide) groups is 1. The van der Waals surface area contributed by atoms with Crippen molar-refractivity contribution in [1.82, 2.24) is 9.97 Å². The van der Waals surface area contributed by atoms with Crippen LogP contribution < -0.4 is 10.2 Å². The molecule has 0 aliphatic heterocycles. The minimum atomic E-state index is 0.0335. The lowest BCUT2D eigenvalue weighted by atomic mass is 10.2. The molecule has 0 aliphatic rings. The van der Waals surface area contributed by atoms with Crippen LogP contribution in [0, 0.1) is 0 Å². The maximum atomic E-state index is 12.8. The van der Waals surface area contributed by atoms with E-state index in [1.807, 2.05) is 73.3 Å². The van der Waals surface area contributed by atoms with Crippen LogP contribution in [-0.4, -0.2) is 27.7 Å². The fraction of sp³-hybridized carbons (Fsp3) is 0.190. The summed E-state index contributed by atoms with van der Waals surface area (Å²) < 4.78 is 0. The molecular formula is C21H22N4OS. The lowest BCUT2D eigenvalue weighted by Gasteiger charge is -2.27. The number of aromatic nitrogens is 2.